The number of rotatable bonds is 6. The summed E-state index contributed by atoms with van der Waals surface area (Å²) in [5, 5.41) is 3.16. The molecule has 0 amide bonds. The number of hydrogen-bond donors (Lipinski definition) is 1. The number of pyridine rings is 1. The summed E-state index contributed by atoms with van der Waals surface area (Å²) in [5.74, 6) is 1.52. The topological polar surface area (TPSA) is 34.1 Å². The van der Waals surface area contributed by atoms with Gasteiger partial charge >= 0.3 is 0 Å². The molecule has 3 nitrogen and oxygen atoms in total. The van der Waals surface area contributed by atoms with Crippen molar-refractivity contribution in [1.82, 2.24) is 10.3 Å². The van der Waals surface area contributed by atoms with E-state index in [1.165, 1.54) is 11.1 Å². The molecule has 0 radical (unpaired) electrons. The van der Waals surface area contributed by atoms with Crippen LogP contribution in [0.3, 0.4) is 0 Å². The van der Waals surface area contributed by atoms with Crippen LogP contribution in [0.4, 0.5) is 0 Å². The summed E-state index contributed by atoms with van der Waals surface area (Å²) in [7, 11) is 1.94. The summed E-state index contributed by atoms with van der Waals surface area (Å²) in [5.41, 5.74) is 3.52. The fraction of sp³-hybridized carbons (Fsp3) is 0.353. The second-order valence-electron chi connectivity index (χ2n) is 4.79. The van der Waals surface area contributed by atoms with Crippen molar-refractivity contribution in [1.29, 1.82) is 0 Å². The highest BCUT2D eigenvalue weighted by atomic mass is 16.5. The van der Waals surface area contributed by atoms with E-state index in [0.29, 0.717) is 5.88 Å². The van der Waals surface area contributed by atoms with Crippen molar-refractivity contribution in [3.05, 3.63) is 53.2 Å². The van der Waals surface area contributed by atoms with Crippen LogP contribution < -0.4 is 10.1 Å². The van der Waals surface area contributed by atoms with Crippen LogP contribution in [0.15, 0.2) is 36.4 Å². The highest BCUT2D eigenvalue weighted by Crippen LogP contribution is 2.22. The van der Waals surface area contributed by atoms with E-state index in [0.717, 1.165) is 30.8 Å². The van der Waals surface area contributed by atoms with Gasteiger partial charge in [0.25, 0.3) is 0 Å². The molecule has 0 saturated heterocycles. The van der Waals surface area contributed by atoms with Gasteiger partial charge in [-0.25, -0.2) is 4.98 Å². The third kappa shape index (κ3) is 3.81. The lowest BCUT2D eigenvalue weighted by atomic mass is 10.1. The summed E-state index contributed by atoms with van der Waals surface area (Å²) in [6.45, 7) is 5.06. The quantitative estimate of drug-likeness (QED) is 0.868. The van der Waals surface area contributed by atoms with Gasteiger partial charge in [0.1, 0.15) is 5.75 Å². The molecule has 106 valence electrons. The van der Waals surface area contributed by atoms with E-state index >= 15 is 0 Å². The summed E-state index contributed by atoms with van der Waals surface area (Å²) >= 11 is 0. The largest absolute Gasteiger partial charge is 0.439 e. The maximum absolute atomic E-state index is 5.91. The van der Waals surface area contributed by atoms with Gasteiger partial charge in [-0.1, -0.05) is 26.0 Å². The minimum absolute atomic E-state index is 0.669. The Hall–Kier alpha value is -1.87. The van der Waals surface area contributed by atoms with Crippen LogP contribution in [0.25, 0.3) is 0 Å². The summed E-state index contributed by atoms with van der Waals surface area (Å²) in [4.78, 5) is 4.53. The first-order chi connectivity index (χ1) is 9.75. The van der Waals surface area contributed by atoms with Gasteiger partial charge in [-0.15, -0.1) is 0 Å². The smallest absolute Gasteiger partial charge is 0.219 e. The molecule has 0 spiro atoms. The lowest BCUT2D eigenvalue weighted by Crippen LogP contribution is -2.06. The normalized spacial score (nSPS) is 10.6. The first kappa shape index (κ1) is 14.5. The second-order valence-corrected chi connectivity index (χ2v) is 4.79. The highest BCUT2D eigenvalue weighted by molar-refractivity contribution is 5.33. The van der Waals surface area contributed by atoms with E-state index in [-0.39, 0.29) is 0 Å². The average molecular weight is 270 g/mol. The molecule has 1 aromatic heterocycles. The maximum atomic E-state index is 5.91. The number of nitrogens with zero attached hydrogens (tertiary/aromatic N) is 1. The SMILES string of the molecule is CCc1cccc(Oc2cc(CNC)cc(CC)n2)c1. The van der Waals surface area contributed by atoms with Gasteiger partial charge in [-0.05, 0) is 49.2 Å². The standard InChI is InChI=1S/C17H22N2O/c1-4-13-7-6-8-16(10-13)20-17-11-14(12-18-3)9-15(5-2)19-17/h6-11,18H,4-5,12H2,1-3H3. The second kappa shape index (κ2) is 7.06. The molecule has 2 rings (SSSR count). The van der Waals surface area contributed by atoms with Crippen LogP contribution in [0.5, 0.6) is 11.6 Å². The van der Waals surface area contributed by atoms with E-state index in [1.807, 2.05) is 25.2 Å². The van der Waals surface area contributed by atoms with Crippen molar-refractivity contribution in [2.24, 2.45) is 0 Å². The van der Waals surface area contributed by atoms with Gasteiger partial charge in [0.05, 0.1) is 0 Å². The third-order valence-corrected chi connectivity index (χ3v) is 3.19. The zero-order valence-electron chi connectivity index (χ0n) is 12.4. The number of ether oxygens (including phenoxy) is 1. The summed E-state index contributed by atoms with van der Waals surface area (Å²) < 4.78 is 5.91. The predicted molar refractivity (Wildman–Crippen MR) is 82.3 cm³/mol. The van der Waals surface area contributed by atoms with Crippen LogP contribution >= 0.6 is 0 Å². The van der Waals surface area contributed by atoms with Crippen LogP contribution in [0.1, 0.15) is 30.7 Å². The number of nitrogens with one attached hydrogen (secondary N) is 1. The van der Waals surface area contributed by atoms with Crippen LogP contribution in [0, 0.1) is 0 Å². The fourth-order valence-electron chi connectivity index (χ4n) is 2.11. The number of aryl methyl sites for hydroxylation is 2. The first-order valence-electron chi connectivity index (χ1n) is 7.16. The zero-order chi connectivity index (χ0) is 14.4. The van der Waals surface area contributed by atoms with Crippen LogP contribution in [-0.2, 0) is 19.4 Å². The molecule has 1 aromatic carbocycles. The Morgan fingerprint density at radius 2 is 1.90 bits per heavy atom. The molecule has 0 aliphatic heterocycles. The highest BCUT2D eigenvalue weighted by Gasteiger charge is 2.04. The Labute approximate surface area is 121 Å². The number of aromatic nitrogens is 1. The van der Waals surface area contributed by atoms with Crippen molar-refractivity contribution in [3.8, 4) is 11.6 Å². The predicted octanol–water partition coefficient (Wildman–Crippen LogP) is 3.72. The molecule has 0 fully saturated rings. The van der Waals surface area contributed by atoms with Crippen molar-refractivity contribution in [2.45, 2.75) is 33.2 Å². The Morgan fingerprint density at radius 3 is 2.60 bits per heavy atom. The minimum atomic E-state index is 0.669. The molecule has 0 aliphatic rings. The maximum Gasteiger partial charge on any atom is 0.219 e. The van der Waals surface area contributed by atoms with Crippen molar-refractivity contribution in [2.75, 3.05) is 7.05 Å². The van der Waals surface area contributed by atoms with Gasteiger partial charge in [-0.3, -0.25) is 0 Å². The summed E-state index contributed by atoms with van der Waals surface area (Å²) in [6.07, 6.45) is 1.91. The number of benzene rings is 1. The Bertz CT molecular complexity index is 567. The zero-order valence-corrected chi connectivity index (χ0v) is 12.4. The lowest BCUT2D eigenvalue weighted by Gasteiger charge is -2.10. The summed E-state index contributed by atoms with van der Waals surface area (Å²) in [6, 6.07) is 12.3. The minimum Gasteiger partial charge on any atom is -0.439 e. The van der Waals surface area contributed by atoms with Crippen molar-refractivity contribution in [3.63, 3.8) is 0 Å². The van der Waals surface area contributed by atoms with E-state index in [2.05, 4.69) is 42.3 Å². The molecule has 20 heavy (non-hydrogen) atoms. The van der Waals surface area contributed by atoms with Gasteiger partial charge in [0, 0.05) is 18.3 Å². The molecule has 3 heteroatoms. The number of hydrogen-bond acceptors (Lipinski definition) is 3. The molecular formula is C17H22N2O. The Balaban J connectivity index is 2.24. The van der Waals surface area contributed by atoms with Crippen molar-refractivity contribution >= 4 is 0 Å². The first-order valence-corrected chi connectivity index (χ1v) is 7.16. The van der Waals surface area contributed by atoms with Crippen LogP contribution in [-0.4, -0.2) is 12.0 Å². The van der Waals surface area contributed by atoms with E-state index < -0.39 is 0 Å². The molecule has 0 unspecified atom stereocenters. The molecule has 0 saturated carbocycles. The molecule has 0 aliphatic carbocycles. The average Bonchev–Trinajstić information content (AvgIpc) is 2.47. The van der Waals surface area contributed by atoms with E-state index in [1.54, 1.807) is 0 Å². The van der Waals surface area contributed by atoms with E-state index in [4.69, 9.17) is 4.74 Å². The Kier molecular flexibility index (Phi) is 5.13. The van der Waals surface area contributed by atoms with Gasteiger partial charge in [-0.2, -0.15) is 0 Å². The molecule has 0 bridgehead atoms. The molecule has 1 heterocycles. The monoisotopic (exact) mass is 270 g/mol. The van der Waals surface area contributed by atoms with E-state index in [9.17, 15) is 0 Å². The van der Waals surface area contributed by atoms with Crippen molar-refractivity contribution < 1.29 is 4.74 Å². The molecule has 2 aromatic rings. The lowest BCUT2D eigenvalue weighted by molar-refractivity contribution is 0.459. The van der Waals surface area contributed by atoms with Gasteiger partial charge in [0.2, 0.25) is 5.88 Å². The molecule has 0 atom stereocenters. The fourth-order valence-corrected chi connectivity index (χ4v) is 2.11. The van der Waals surface area contributed by atoms with Gasteiger partial charge < -0.3 is 10.1 Å². The van der Waals surface area contributed by atoms with Gasteiger partial charge in [0.15, 0.2) is 0 Å². The Morgan fingerprint density at radius 1 is 1.05 bits per heavy atom. The molecule has 1 N–H and O–H groups in total. The molecular weight excluding hydrogens is 248 g/mol. The third-order valence-electron chi connectivity index (χ3n) is 3.19. The van der Waals surface area contributed by atoms with Crippen LogP contribution in [0.2, 0.25) is 0 Å².